The van der Waals surface area contributed by atoms with E-state index in [1.165, 1.54) is 6.08 Å². The molecule has 1 N–H and O–H groups in total. The molecule has 11 heavy (non-hydrogen) atoms. The van der Waals surface area contributed by atoms with Crippen molar-refractivity contribution >= 4 is 5.91 Å². The molecule has 0 aliphatic heterocycles. The van der Waals surface area contributed by atoms with E-state index in [0.29, 0.717) is 6.42 Å². The summed E-state index contributed by atoms with van der Waals surface area (Å²) in [6.07, 6.45) is 7.77. The van der Waals surface area contributed by atoms with Gasteiger partial charge in [0.2, 0.25) is 5.91 Å². The zero-order valence-electron chi connectivity index (χ0n) is 6.76. The molecule has 0 aromatic heterocycles. The molecule has 0 spiro atoms. The minimum Gasteiger partial charge on any atom is -0.349 e. The van der Waals surface area contributed by atoms with Gasteiger partial charge in [0.05, 0.1) is 0 Å². The van der Waals surface area contributed by atoms with E-state index in [-0.39, 0.29) is 11.9 Å². The molecule has 1 amide bonds. The van der Waals surface area contributed by atoms with Gasteiger partial charge in [0, 0.05) is 12.5 Å². The van der Waals surface area contributed by atoms with Crippen LogP contribution in [-0.4, -0.2) is 11.9 Å². The molecule has 0 aliphatic rings. The normalized spacial score (nSPS) is 11.3. The first kappa shape index (κ1) is 9.77. The molecular formula is C9H13NO. The van der Waals surface area contributed by atoms with Crippen molar-refractivity contribution in [1.82, 2.24) is 5.32 Å². The minimum absolute atomic E-state index is 0.0884. The molecular weight excluding hydrogens is 138 g/mol. The molecule has 1 atom stereocenters. The Morgan fingerprint density at radius 2 is 2.55 bits per heavy atom. The van der Waals surface area contributed by atoms with Crippen molar-refractivity contribution in [3.05, 3.63) is 12.7 Å². The highest BCUT2D eigenvalue weighted by Gasteiger charge is 2.04. The van der Waals surface area contributed by atoms with Crippen LogP contribution in [0.2, 0.25) is 0 Å². The number of hydrogen-bond acceptors (Lipinski definition) is 1. The Morgan fingerprint density at radius 3 is 2.91 bits per heavy atom. The average molecular weight is 151 g/mol. The first-order valence-electron chi connectivity index (χ1n) is 3.61. The van der Waals surface area contributed by atoms with Gasteiger partial charge in [-0.15, -0.1) is 12.3 Å². The zero-order valence-corrected chi connectivity index (χ0v) is 6.76. The summed E-state index contributed by atoms with van der Waals surface area (Å²) in [6, 6.07) is 0.0884. The Labute approximate surface area is 67.7 Å². The maximum Gasteiger partial charge on any atom is 0.243 e. The van der Waals surface area contributed by atoms with E-state index in [1.807, 2.05) is 6.92 Å². The van der Waals surface area contributed by atoms with E-state index in [4.69, 9.17) is 6.42 Å². The van der Waals surface area contributed by atoms with Crippen LogP contribution in [-0.2, 0) is 4.79 Å². The van der Waals surface area contributed by atoms with Crippen LogP contribution in [0.3, 0.4) is 0 Å². The van der Waals surface area contributed by atoms with Gasteiger partial charge in [-0.2, -0.15) is 0 Å². The van der Waals surface area contributed by atoms with Gasteiger partial charge < -0.3 is 5.32 Å². The van der Waals surface area contributed by atoms with Crippen molar-refractivity contribution in [2.75, 3.05) is 0 Å². The summed E-state index contributed by atoms with van der Waals surface area (Å²) >= 11 is 0. The van der Waals surface area contributed by atoms with E-state index in [1.54, 1.807) is 0 Å². The first-order valence-corrected chi connectivity index (χ1v) is 3.61. The van der Waals surface area contributed by atoms with Crippen LogP contribution in [0.4, 0.5) is 0 Å². The second-order valence-electron chi connectivity index (χ2n) is 2.23. The molecule has 0 heterocycles. The predicted molar refractivity (Wildman–Crippen MR) is 45.9 cm³/mol. The standard InChI is InChI=1S/C9H13NO/c1-4-7-8(5-2)10-9(11)6-3/h1,6,8H,3,5,7H2,2H3,(H,10,11). The highest BCUT2D eigenvalue weighted by atomic mass is 16.1. The lowest BCUT2D eigenvalue weighted by atomic mass is 10.1. The number of carbonyl (C=O) groups excluding carboxylic acids is 1. The Kier molecular flexibility index (Phi) is 4.93. The lowest BCUT2D eigenvalue weighted by Crippen LogP contribution is -2.32. The lowest BCUT2D eigenvalue weighted by molar-refractivity contribution is -0.117. The Hall–Kier alpha value is -1.23. The van der Waals surface area contributed by atoms with Gasteiger partial charge in [0.1, 0.15) is 0 Å². The molecule has 0 fully saturated rings. The Balaban J connectivity index is 3.78. The van der Waals surface area contributed by atoms with E-state index >= 15 is 0 Å². The fourth-order valence-corrected chi connectivity index (χ4v) is 0.700. The Morgan fingerprint density at radius 1 is 1.91 bits per heavy atom. The predicted octanol–water partition coefficient (Wildman–Crippen LogP) is 1.09. The maximum absolute atomic E-state index is 10.8. The van der Waals surface area contributed by atoms with Crippen molar-refractivity contribution in [2.45, 2.75) is 25.8 Å². The second-order valence-corrected chi connectivity index (χ2v) is 2.23. The monoisotopic (exact) mass is 151 g/mol. The SMILES string of the molecule is C#CCC(CC)NC(=O)C=C. The summed E-state index contributed by atoms with van der Waals surface area (Å²) in [5, 5.41) is 2.72. The van der Waals surface area contributed by atoms with Crippen LogP contribution in [0.25, 0.3) is 0 Å². The average Bonchev–Trinajstić information content (AvgIpc) is 2.03. The molecule has 2 heteroatoms. The molecule has 0 bridgehead atoms. The quantitative estimate of drug-likeness (QED) is 0.473. The number of terminal acetylenes is 1. The van der Waals surface area contributed by atoms with Gasteiger partial charge in [-0.25, -0.2) is 0 Å². The number of nitrogens with one attached hydrogen (secondary N) is 1. The second kappa shape index (κ2) is 5.55. The minimum atomic E-state index is -0.160. The van der Waals surface area contributed by atoms with Gasteiger partial charge in [-0.1, -0.05) is 13.5 Å². The molecule has 1 unspecified atom stereocenters. The van der Waals surface area contributed by atoms with Crippen molar-refractivity contribution in [2.24, 2.45) is 0 Å². The van der Waals surface area contributed by atoms with E-state index < -0.39 is 0 Å². The molecule has 0 radical (unpaired) electrons. The van der Waals surface area contributed by atoms with Crippen LogP contribution in [0.5, 0.6) is 0 Å². The van der Waals surface area contributed by atoms with Gasteiger partial charge in [-0.3, -0.25) is 4.79 Å². The summed E-state index contributed by atoms with van der Waals surface area (Å²) in [6.45, 7) is 5.32. The van der Waals surface area contributed by atoms with Crippen molar-refractivity contribution < 1.29 is 4.79 Å². The molecule has 0 rings (SSSR count). The fraction of sp³-hybridized carbons (Fsp3) is 0.444. The molecule has 0 aliphatic carbocycles. The van der Waals surface area contributed by atoms with Crippen molar-refractivity contribution in [3.8, 4) is 12.3 Å². The molecule has 0 saturated carbocycles. The maximum atomic E-state index is 10.8. The molecule has 0 saturated heterocycles. The topological polar surface area (TPSA) is 29.1 Å². The first-order chi connectivity index (χ1) is 5.24. The Bertz CT molecular complexity index is 178. The summed E-state index contributed by atoms with van der Waals surface area (Å²) in [5.74, 6) is 2.34. The van der Waals surface area contributed by atoms with Crippen LogP contribution < -0.4 is 5.32 Å². The van der Waals surface area contributed by atoms with Crippen molar-refractivity contribution in [3.63, 3.8) is 0 Å². The summed E-state index contributed by atoms with van der Waals surface area (Å²) in [4.78, 5) is 10.8. The zero-order chi connectivity index (χ0) is 8.69. The number of hydrogen-bond donors (Lipinski definition) is 1. The largest absolute Gasteiger partial charge is 0.349 e. The van der Waals surface area contributed by atoms with Gasteiger partial charge in [0.15, 0.2) is 0 Å². The summed E-state index contributed by atoms with van der Waals surface area (Å²) in [5.41, 5.74) is 0. The van der Waals surface area contributed by atoms with E-state index in [0.717, 1.165) is 6.42 Å². The number of rotatable bonds is 4. The summed E-state index contributed by atoms with van der Waals surface area (Å²) in [7, 11) is 0. The molecule has 0 aromatic carbocycles. The van der Waals surface area contributed by atoms with Crippen LogP contribution >= 0.6 is 0 Å². The third-order valence-corrected chi connectivity index (χ3v) is 1.39. The van der Waals surface area contributed by atoms with E-state index in [9.17, 15) is 4.79 Å². The van der Waals surface area contributed by atoms with Gasteiger partial charge in [-0.05, 0) is 12.5 Å². The fourth-order valence-electron chi connectivity index (χ4n) is 0.700. The van der Waals surface area contributed by atoms with E-state index in [2.05, 4.69) is 17.8 Å². The molecule has 2 nitrogen and oxygen atoms in total. The highest BCUT2D eigenvalue weighted by molar-refractivity contribution is 5.87. The van der Waals surface area contributed by atoms with Crippen LogP contribution in [0, 0.1) is 12.3 Å². The van der Waals surface area contributed by atoms with Gasteiger partial charge >= 0.3 is 0 Å². The smallest absolute Gasteiger partial charge is 0.243 e. The van der Waals surface area contributed by atoms with Crippen LogP contribution in [0.15, 0.2) is 12.7 Å². The lowest BCUT2D eigenvalue weighted by Gasteiger charge is -2.11. The third-order valence-electron chi connectivity index (χ3n) is 1.39. The molecule has 60 valence electrons. The summed E-state index contributed by atoms with van der Waals surface area (Å²) < 4.78 is 0. The van der Waals surface area contributed by atoms with Gasteiger partial charge in [0.25, 0.3) is 0 Å². The molecule has 0 aromatic rings. The van der Waals surface area contributed by atoms with Crippen LogP contribution in [0.1, 0.15) is 19.8 Å². The third kappa shape index (κ3) is 4.21. The number of carbonyl (C=O) groups is 1. The van der Waals surface area contributed by atoms with Crippen molar-refractivity contribution in [1.29, 1.82) is 0 Å². The number of amides is 1. The highest BCUT2D eigenvalue weighted by Crippen LogP contribution is 1.95.